The molecule has 9 heavy (non-hydrogen) atoms. The standard InChI is InChI=1S/C4H8N2O3/c1-3(2-6-8)9-4(5)7/h2-3,8H,1H3,(H2,5,7). The molecule has 5 nitrogen and oxygen atoms in total. The fourth-order valence-corrected chi connectivity index (χ4v) is 0.308. The largest absolute Gasteiger partial charge is 0.441 e. The van der Waals surface area contributed by atoms with Crippen LogP contribution in [0.1, 0.15) is 6.92 Å². The van der Waals surface area contributed by atoms with E-state index < -0.39 is 12.2 Å². The third kappa shape index (κ3) is 4.60. The van der Waals surface area contributed by atoms with Gasteiger partial charge in [-0.05, 0) is 6.92 Å². The first-order valence-corrected chi connectivity index (χ1v) is 2.30. The molecule has 0 spiro atoms. The second-order valence-electron chi connectivity index (χ2n) is 1.41. The van der Waals surface area contributed by atoms with Crippen LogP contribution in [-0.2, 0) is 4.74 Å². The van der Waals surface area contributed by atoms with Crippen molar-refractivity contribution in [3.63, 3.8) is 0 Å². The summed E-state index contributed by atoms with van der Waals surface area (Å²) in [7, 11) is 0. The van der Waals surface area contributed by atoms with Gasteiger partial charge >= 0.3 is 6.09 Å². The summed E-state index contributed by atoms with van der Waals surface area (Å²) in [5.41, 5.74) is 4.62. The summed E-state index contributed by atoms with van der Waals surface area (Å²) in [6, 6.07) is 0. The maximum atomic E-state index is 9.94. The van der Waals surface area contributed by atoms with Gasteiger partial charge in [0, 0.05) is 0 Å². The van der Waals surface area contributed by atoms with Gasteiger partial charge in [-0.15, -0.1) is 0 Å². The second-order valence-corrected chi connectivity index (χ2v) is 1.41. The Balaban J connectivity index is 3.50. The number of carbonyl (C=O) groups excluding carboxylic acids is 1. The molecule has 0 aliphatic carbocycles. The Bertz CT molecular complexity index is 123. The Hall–Kier alpha value is -1.26. The highest BCUT2D eigenvalue weighted by Gasteiger charge is 2.00. The molecule has 0 aromatic carbocycles. The number of nitrogens with zero attached hydrogens (tertiary/aromatic N) is 1. The molecule has 3 N–H and O–H groups in total. The van der Waals surface area contributed by atoms with E-state index in [4.69, 9.17) is 5.21 Å². The van der Waals surface area contributed by atoms with Crippen molar-refractivity contribution in [3.8, 4) is 0 Å². The van der Waals surface area contributed by atoms with Crippen molar-refractivity contribution in [2.75, 3.05) is 0 Å². The minimum absolute atomic E-state index is 0.576. The van der Waals surface area contributed by atoms with Crippen molar-refractivity contribution >= 4 is 12.3 Å². The highest BCUT2D eigenvalue weighted by Crippen LogP contribution is 1.83. The van der Waals surface area contributed by atoms with Crippen LogP contribution >= 0.6 is 0 Å². The summed E-state index contributed by atoms with van der Waals surface area (Å²) < 4.78 is 4.32. The van der Waals surface area contributed by atoms with Crippen molar-refractivity contribution in [2.24, 2.45) is 10.9 Å². The Morgan fingerprint density at radius 2 is 2.56 bits per heavy atom. The normalized spacial score (nSPS) is 13.4. The Labute approximate surface area is 52.1 Å². The molecule has 0 rings (SSSR count). The first-order chi connectivity index (χ1) is 4.16. The van der Waals surface area contributed by atoms with Gasteiger partial charge in [0.1, 0.15) is 6.10 Å². The molecule has 0 aromatic heterocycles. The lowest BCUT2D eigenvalue weighted by Crippen LogP contribution is -2.21. The number of hydrogen-bond acceptors (Lipinski definition) is 4. The molecule has 1 atom stereocenters. The third-order valence-electron chi connectivity index (χ3n) is 0.579. The number of amides is 1. The van der Waals surface area contributed by atoms with Crippen molar-refractivity contribution in [1.29, 1.82) is 0 Å². The van der Waals surface area contributed by atoms with Crippen LogP contribution in [0.2, 0.25) is 0 Å². The summed E-state index contributed by atoms with van der Waals surface area (Å²) in [4.78, 5) is 9.94. The topological polar surface area (TPSA) is 84.9 Å². The van der Waals surface area contributed by atoms with Crippen molar-refractivity contribution in [1.82, 2.24) is 0 Å². The molecule has 0 bridgehead atoms. The van der Waals surface area contributed by atoms with Crippen LogP contribution in [0.4, 0.5) is 4.79 Å². The van der Waals surface area contributed by atoms with E-state index in [1.807, 2.05) is 0 Å². The highest BCUT2D eigenvalue weighted by molar-refractivity contribution is 5.70. The third-order valence-corrected chi connectivity index (χ3v) is 0.579. The first kappa shape index (κ1) is 7.74. The van der Waals surface area contributed by atoms with Gasteiger partial charge < -0.3 is 15.7 Å². The second kappa shape index (κ2) is 3.71. The molecule has 1 amide bonds. The zero-order valence-corrected chi connectivity index (χ0v) is 4.94. The van der Waals surface area contributed by atoms with Gasteiger partial charge in [0.05, 0.1) is 6.21 Å². The molecule has 0 radical (unpaired) electrons. The Morgan fingerprint density at radius 1 is 2.00 bits per heavy atom. The number of oxime groups is 1. The van der Waals surface area contributed by atoms with E-state index in [1.165, 1.54) is 6.92 Å². The van der Waals surface area contributed by atoms with Gasteiger partial charge in [-0.25, -0.2) is 4.79 Å². The number of rotatable bonds is 2. The van der Waals surface area contributed by atoms with E-state index in [-0.39, 0.29) is 0 Å². The monoisotopic (exact) mass is 132 g/mol. The molecule has 0 saturated heterocycles. The molecule has 1 unspecified atom stereocenters. The zero-order valence-electron chi connectivity index (χ0n) is 4.94. The number of primary amides is 1. The van der Waals surface area contributed by atoms with Gasteiger partial charge in [0.15, 0.2) is 0 Å². The van der Waals surface area contributed by atoms with Gasteiger partial charge in [-0.1, -0.05) is 5.16 Å². The fraction of sp³-hybridized carbons (Fsp3) is 0.500. The molecule has 52 valence electrons. The van der Waals surface area contributed by atoms with E-state index in [0.717, 1.165) is 6.21 Å². The smallest absolute Gasteiger partial charge is 0.405 e. The van der Waals surface area contributed by atoms with Crippen molar-refractivity contribution in [3.05, 3.63) is 0 Å². The number of carbonyl (C=O) groups is 1. The van der Waals surface area contributed by atoms with E-state index in [0.29, 0.717) is 0 Å². The van der Waals surface area contributed by atoms with Gasteiger partial charge in [0.25, 0.3) is 0 Å². The molecule has 5 heteroatoms. The van der Waals surface area contributed by atoms with Crippen LogP contribution in [0.5, 0.6) is 0 Å². The number of nitrogens with two attached hydrogens (primary N) is 1. The number of ether oxygens (including phenoxy) is 1. The average molecular weight is 132 g/mol. The van der Waals surface area contributed by atoms with Crippen LogP contribution in [-0.4, -0.2) is 23.6 Å². The van der Waals surface area contributed by atoms with Gasteiger partial charge in [0.2, 0.25) is 0 Å². The maximum absolute atomic E-state index is 9.94. The summed E-state index contributed by atoms with van der Waals surface area (Å²) in [6.45, 7) is 1.52. The number of hydrogen-bond donors (Lipinski definition) is 2. The summed E-state index contributed by atoms with van der Waals surface area (Å²) in [5.74, 6) is 0. The molecule has 0 heterocycles. The van der Waals surface area contributed by atoms with Gasteiger partial charge in [-0.3, -0.25) is 0 Å². The molecule has 0 aliphatic rings. The zero-order chi connectivity index (χ0) is 7.28. The molecule has 0 aromatic rings. The van der Waals surface area contributed by atoms with E-state index >= 15 is 0 Å². The fourth-order valence-electron chi connectivity index (χ4n) is 0.308. The summed E-state index contributed by atoms with van der Waals surface area (Å²) in [6.07, 6.45) is -0.417. The predicted octanol–water partition coefficient (Wildman–Crippen LogP) is -0.0698. The van der Waals surface area contributed by atoms with Crippen molar-refractivity contribution < 1.29 is 14.7 Å². The van der Waals surface area contributed by atoms with E-state index in [1.54, 1.807) is 0 Å². The van der Waals surface area contributed by atoms with Crippen LogP contribution in [0.3, 0.4) is 0 Å². The highest BCUT2D eigenvalue weighted by atomic mass is 16.6. The van der Waals surface area contributed by atoms with Crippen LogP contribution in [0.15, 0.2) is 5.16 Å². The molecular formula is C4H8N2O3. The SMILES string of the molecule is CC(C=NO)OC(N)=O. The van der Waals surface area contributed by atoms with Crippen LogP contribution < -0.4 is 5.73 Å². The minimum atomic E-state index is -0.887. The minimum Gasteiger partial charge on any atom is -0.441 e. The predicted molar refractivity (Wildman–Crippen MR) is 30.4 cm³/mol. The van der Waals surface area contributed by atoms with Gasteiger partial charge in [-0.2, -0.15) is 0 Å². The molecule has 0 aliphatic heterocycles. The van der Waals surface area contributed by atoms with Crippen LogP contribution in [0, 0.1) is 0 Å². The van der Waals surface area contributed by atoms with Crippen LogP contribution in [0.25, 0.3) is 0 Å². The van der Waals surface area contributed by atoms with Crippen molar-refractivity contribution in [2.45, 2.75) is 13.0 Å². The lowest BCUT2D eigenvalue weighted by atomic mass is 10.5. The quantitative estimate of drug-likeness (QED) is 0.313. The summed E-state index contributed by atoms with van der Waals surface area (Å²) >= 11 is 0. The lowest BCUT2D eigenvalue weighted by Gasteiger charge is -2.02. The maximum Gasteiger partial charge on any atom is 0.405 e. The molecular weight excluding hydrogens is 124 g/mol. The first-order valence-electron chi connectivity index (χ1n) is 2.30. The Kier molecular flexibility index (Phi) is 3.19. The van der Waals surface area contributed by atoms with E-state index in [9.17, 15) is 4.79 Å². The lowest BCUT2D eigenvalue weighted by molar-refractivity contribution is 0.144. The summed E-state index contributed by atoms with van der Waals surface area (Å²) in [5, 5.41) is 10.5. The molecule has 0 saturated carbocycles. The van der Waals surface area contributed by atoms with E-state index in [2.05, 4.69) is 15.6 Å². The molecule has 0 fully saturated rings. The average Bonchev–Trinajstić information content (AvgIpc) is 1.63. The Morgan fingerprint density at radius 3 is 2.89 bits per heavy atom.